The number of aryl methyl sites for hydroxylation is 2. The summed E-state index contributed by atoms with van der Waals surface area (Å²) in [6.07, 6.45) is 7.87. The number of hydrogen-bond donors (Lipinski definition) is 3. The molecule has 3 amide bonds. The fourth-order valence-corrected chi connectivity index (χ4v) is 8.17. The van der Waals surface area contributed by atoms with Crippen molar-refractivity contribution in [3.05, 3.63) is 82.7 Å². The van der Waals surface area contributed by atoms with E-state index in [1.54, 1.807) is 44.6 Å². The van der Waals surface area contributed by atoms with Crippen LogP contribution in [0.3, 0.4) is 0 Å². The summed E-state index contributed by atoms with van der Waals surface area (Å²) >= 11 is 0. The van der Waals surface area contributed by atoms with Crippen molar-refractivity contribution >= 4 is 34.4 Å². The number of aromatic nitrogens is 2. The Morgan fingerprint density at radius 3 is 2.43 bits per heavy atom. The number of amides is 3. The van der Waals surface area contributed by atoms with Crippen molar-refractivity contribution in [1.29, 1.82) is 0 Å². The van der Waals surface area contributed by atoms with E-state index in [1.165, 1.54) is 12.1 Å². The maximum Gasteiger partial charge on any atom is 0.295 e. The zero-order valence-electron chi connectivity index (χ0n) is 35.6. The molecule has 1 unspecified atom stereocenters. The van der Waals surface area contributed by atoms with E-state index in [-0.39, 0.29) is 35.9 Å². The summed E-state index contributed by atoms with van der Waals surface area (Å²) in [4.78, 5) is 50.6. The molecule has 0 radical (unpaired) electrons. The van der Waals surface area contributed by atoms with Gasteiger partial charge in [-0.3, -0.25) is 24.6 Å². The van der Waals surface area contributed by atoms with Crippen molar-refractivity contribution in [3.63, 3.8) is 0 Å². The van der Waals surface area contributed by atoms with Gasteiger partial charge in [-0.2, -0.15) is 8.78 Å². The number of halogens is 2. The number of piperidine rings is 1. The Morgan fingerprint density at radius 1 is 0.967 bits per heavy atom. The number of aliphatic hydroxyl groups is 1. The fourth-order valence-electron chi connectivity index (χ4n) is 8.17. The Morgan fingerprint density at radius 2 is 1.70 bits per heavy atom. The van der Waals surface area contributed by atoms with Crippen molar-refractivity contribution in [2.24, 2.45) is 0 Å². The van der Waals surface area contributed by atoms with E-state index in [1.807, 2.05) is 30.9 Å². The normalized spacial score (nSPS) is 16.6. The van der Waals surface area contributed by atoms with Crippen LogP contribution in [-0.4, -0.2) is 103 Å². The quantitative estimate of drug-likeness (QED) is 0.0633. The molecule has 0 spiro atoms. The number of benzene rings is 3. The molecule has 2 fully saturated rings. The number of rotatable bonds is 20. The van der Waals surface area contributed by atoms with Gasteiger partial charge in [-0.05, 0) is 81.5 Å². The van der Waals surface area contributed by atoms with Gasteiger partial charge in [-0.25, -0.2) is 9.97 Å². The van der Waals surface area contributed by atoms with Crippen LogP contribution in [0.15, 0.2) is 54.6 Å². The third kappa shape index (κ3) is 11.5. The van der Waals surface area contributed by atoms with Crippen LogP contribution in [0, 0.1) is 6.92 Å². The predicted molar refractivity (Wildman–Crippen MR) is 228 cm³/mol. The van der Waals surface area contributed by atoms with Crippen molar-refractivity contribution in [2.75, 3.05) is 65.5 Å². The number of anilines is 1. The second kappa shape index (κ2) is 20.9. The van der Waals surface area contributed by atoms with Gasteiger partial charge in [0.25, 0.3) is 11.8 Å². The molecule has 0 aliphatic carbocycles. The first-order valence-electron chi connectivity index (χ1n) is 21.2. The number of nitrogens with zero attached hydrogens (tertiary/aromatic N) is 4. The van der Waals surface area contributed by atoms with Gasteiger partial charge in [0, 0.05) is 55.2 Å². The van der Waals surface area contributed by atoms with E-state index >= 15 is 0 Å². The second-order valence-corrected chi connectivity index (χ2v) is 15.9. The van der Waals surface area contributed by atoms with E-state index in [2.05, 4.69) is 15.5 Å². The standard InChI is InChI=1S/C46H58F2N6O7/c1-30(32-13-11-15-34(25-32)46(47,48)29-55)49-44-38-27-39(59-3)43(60-4)37(42(38)50-31(2)51-44)17-9-7-5-6-8-10-20-53-21-23-54(24-22-53)41(57)28-61-35-16-12-14-33(26-35)36-18-19-40(56)52-45(36)58/h11-16,25-27,30,36,55H,5-10,17-24,28-29H2,1-4H3,(H,49,50,51)(H,52,56,58)/t30-,36?/m1/s1. The van der Waals surface area contributed by atoms with Crippen LogP contribution in [0.1, 0.15) is 98.3 Å². The lowest BCUT2D eigenvalue weighted by Gasteiger charge is -2.34. The van der Waals surface area contributed by atoms with Crippen molar-refractivity contribution in [3.8, 4) is 17.2 Å². The Kier molecular flexibility index (Phi) is 15.5. The van der Waals surface area contributed by atoms with Crippen molar-refractivity contribution in [1.82, 2.24) is 25.1 Å². The molecule has 0 saturated carbocycles. The lowest BCUT2D eigenvalue weighted by atomic mass is 9.90. The molecular formula is C46H58F2N6O7. The molecule has 1 aromatic heterocycles. The molecule has 6 rings (SSSR count). The molecule has 328 valence electrons. The molecule has 0 bridgehead atoms. The van der Waals surface area contributed by atoms with Crippen LogP contribution < -0.4 is 24.8 Å². The summed E-state index contributed by atoms with van der Waals surface area (Å²) in [5.74, 6) is -1.52. The number of alkyl halides is 2. The maximum atomic E-state index is 14.3. The predicted octanol–water partition coefficient (Wildman–Crippen LogP) is 6.84. The zero-order chi connectivity index (χ0) is 43.5. The number of piperazine rings is 1. The Bertz CT molecular complexity index is 2160. The Balaban J connectivity index is 0.933. The first-order chi connectivity index (χ1) is 29.4. The Hall–Kier alpha value is -5.41. The summed E-state index contributed by atoms with van der Waals surface area (Å²) in [7, 11) is 3.22. The average Bonchev–Trinajstić information content (AvgIpc) is 3.26. The summed E-state index contributed by atoms with van der Waals surface area (Å²) in [6, 6.07) is 14.7. The largest absolute Gasteiger partial charge is 0.493 e. The molecule has 3 N–H and O–H groups in total. The van der Waals surface area contributed by atoms with Gasteiger partial charge in [0.15, 0.2) is 18.1 Å². The topological polar surface area (TPSA) is 155 Å². The van der Waals surface area contributed by atoms with Gasteiger partial charge in [-0.1, -0.05) is 56.0 Å². The van der Waals surface area contributed by atoms with Crippen LogP contribution in [0.4, 0.5) is 14.6 Å². The van der Waals surface area contributed by atoms with E-state index in [4.69, 9.17) is 24.2 Å². The number of ether oxygens (including phenoxy) is 3. The highest BCUT2D eigenvalue weighted by Crippen LogP contribution is 2.41. The minimum absolute atomic E-state index is 0.0614. The Labute approximate surface area is 356 Å². The number of unbranched alkanes of at least 4 members (excludes halogenated alkanes) is 5. The molecule has 61 heavy (non-hydrogen) atoms. The van der Waals surface area contributed by atoms with Gasteiger partial charge in [0.1, 0.15) is 24.0 Å². The number of nitrogens with one attached hydrogen (secondary N) is 2. The molecule has 4 aromatic rings. The van der Waals surface area contributed by atoms with Crippen LogP contribution in [0.5, 0.6) is 17.2 Å². The van der Waals surface area contributed by atoms with Gasteiger partial charge < -0.3 is 29.5 Å². The first kappa shape index (κ1) is 45.1. The molecular weight excluding hydrogens is 787 g/mol. The van der Waals surface area contributed by atoms with Crippen LogP contribution >= 0.6 is 0 Å². The van der Waals surface area contributed by atoms with Crippen LogP contribution in [0.2, 0.25) is 0 Å². The van der Waals surface area contributed by atoms with E-state index < -0.39 is 18.4 Å². The van der Waals surface area contributed by atoms with Crippen LogP contribution in [0.25, 0.3) is 10.9 Å². The van der Waals surface area contributed by atoms with E-state index in [0.717, 1.165) is 86.6 Å². The number of hydrogen-bond acceptors (Lipinski definition) is 11. The third-order valence-electron chi connectivity index (χ3n) is 11.6. The maximum absolute atomic E-state index is 14.3. The molecule has 3 aromatic carbocycles. The third-order valence-corrected chi connectivity index (χ3v) is 11.6. The smallest absolute Gasteiger partial charge is 0.295 e. The summed E-state index contributed by atoms with van der Waals surface area (Å²) < 4.78 is 46.0. The van der Waals surface area contributed by atoms with Crippen LogP contribution in [-0.2, 0) is 26.7 Å². The molecule has 2 atom stereocenters. The first-order valence-corrected chi connectivity index (χ1v) is 21.2. The number of fused-ring (bicyclic) bond motifs is 1. The summed E-state index contributed by atoms with van der Waals surface area (Å²) in [5, 5.41) is 15.8. The highest BCUT2D eigenvalue weighted by atomic mass is 19.3. The molecule has 2 aliphatic rings. The highest BCUT2D eigenvalue weighted by molar-refractivity contribution is 6.01. The number of imide groups is 1. The molecule has 2 aliphatic heterocycles. The van der Waals surface area contributed by atoms with Gasteiger partial charge >= 0.3 is 0 Å². The van der Waals surface area contributed by atoms with Gasteiger partial charge in [-0.15, -0.1) is 0 Å². The molecule has 2 saturated heterocycles. The monoisotopic (exact) mass is 844 g/mol. The second-order valence-electron chi connectivity index (χ2n) is 15.9. The number of aliphatic hydroxyl groups excluding tert-OH is 1. The van der Waals surface area contributed by atoms with Gasteiger partial charge in [0.2, 0.25) is 11.8 Å². The number of methoxy groups -OCH3 is 2. The lowest BCUT2D eigenvalue weighted by Crippen LogP contribution is -2.50. The van der Waals surface area contributed by atoms with Crippen molar-refractivity contribution in [2.45, 2.75) is 89.5 Å². The minimum atomic E-state index is -3.34. The number of carbonyl (C=O) groups is 3. The minimum Gasteiger partial charge on any atom is -0.493 e. The van der Waals surface area contributed by atoms with E-state index in [0.29, 0.717) is 60.4 Å². The molecule has 3 heterocycles. The summed E-state index contributed by atoms with van der Waals surface area (Å²) in [6.45, 7) is 6.31. The van der Waals surface area contributed by atoms with Crippen molar-refractivity contribution < 1.29 is 42.5 Å². The van der Waals surface area contributed by atoms with E-state index in [9.17, 15) is 28.3 Å². The molecule has 13 nitrogen and oxygen atoms in total. The SMILES string of the molecule is COc1cc2c(N[C@H](C)c3cccc(C(F)(F)CO)c3)nc(C)nc2c(CCCCCCCCN2CCN(C(=O)COc3cccc(C4CCC(=O)NC4=O)c3)CC2)c1OC. The fraction of sp³-hybridized carbons (Fsp3) is 0.500. The summed E-state index contributed by atoms with van der Waals surface area (Å²) in [5.41, 5.74) is 2.84. The average molecular weight is 845 g/mol. The zero-order valence-corrected chi connectivity index (χ0v) is 35.6. The lowest BCUT2D eigenvalue weighted by molar-refractivity contribution is -0.136. The van der Waals surface area contributed by atoms with Gasteiger partial charge in [0.05, 0.1) is 25.7 Å². The molecule has 15 heteroatoms. The highest BCUT2D eigenvalue weighted by Gasteiger charge is 2.31. The number of carbonyl (C=O) groups excluding carboxylic acids is 3.